The van der Waals surface area contributed by atoms with Crippen molar-refractivity contribution in [2.45, 2.75) is 101 Å². The van der Waals surface area contributed by atoms with Crippen LogP contribution in [0, 0.1) is 22.7 Å². The van der Waals surface area contributed by atoms with E-state index in [4.69, 9.17) is 14.2 Å². The molecule has 2 unspecified atom stereocenters. The van der Waals surface area contributed by atoms with Gasteiger partial charge >= 0.3 is 6.16 Å². The minimum Gasteiger partial charge on any atom is -0.482 e. The molecule has 2 aliphatic heterocycles. The van der Waals surface area contributed by atoms with Crippen LogP contribution in [0.15, 0.2) is 12.1 Å². The van der Waals surface area contributed by atoms with Crippen LogP contribution < -0.4 is 9.47 Å². The molecule has 0 radical (unpaired) electrons. The maximum absolute atomic E-state index is 12.7. The Kier molecular flexibility index (Phi) is 4.73. The molecule has 1 saturated heterocycles. The van der Waals surface area contributed by atoms with Crippen molar-refractivity contribution < 1.29 is 29.2 Å². The van der Waals surface area contributed by atoms with Crippen molar-refractivity contribution in [1.82, 2.24) is 4.90 Å². The number of fused-ring (bicyclic) bond motifs is 2. The molecule has 0 amide bonds. The number of benzene rings is 1. The van der Waals surface area contributed by atoms with E-state index in [0.717, 1.165) is 50.3 Å². The van der Waals surface area contributed by atoms with Crippen molar-refractivity contribution in [3.05, 3.63) is 23.3 Å². The standard InChI is InChI=1S/C30H41NO6/c1-26(2,3)27(4,33)20-15-28-10-11-30(20,34)24-29(28)12-13-31(16-17-6-7-17)21(28)14-18-8-9-19(36-25(32)35-5)23(37-24)22(18)29/h8-9,17,20-21,24,33-34H,6-7,10-16H2,1-5H3/t20-,21-,24-,27+,28?,29?,30+/m1/s1. The summed E-state index contributed by atoms with van der Waals surface area (Å²) >= 11 is 0. The lowest BCUT2D eigenvalue weighted by Gasteiger charge is -2.75. The average molecular weight is 512 g/mol. The highest BCUT2D eigenvalue weighted by molar-refractivity contribution is 5.69. The van der Waals surface area contributed by atoms with Crippen LogP contribution in [0.3, 0.4) is 0 Å². The molecule has 7 atom stereocenters. The summed E-state index contributed by atoms with van der Waals surface area (Å²) in [6.45, 7) is 10.2. The fourth-order valence-corrected chi connectivity index (χ4v) is 9.46. The number of ether oxygens (including phenoxy) is 3. The first-order valence-electron chi connectivity index (χ1n) is 14.2. The van der Waals surface area contributed by atoms with Gasteiger partial charge in [0.1, 0.15) is 11.7 Å². The Morgan fingerprint density at radius 3 is 2.62 bits per heavy atom. The lowest BCUT2D eigenvalue weighted by atomic mass is 9.33. The van der Waals surface area contributed by atoms with Gasteiger partial charge in [-0.1, -0.05) is 26.8 Å². The van der Waals surface area contributed by atoms with E-state index in [1.54, 1.807) is 0 Å². The van der Waals surface area contributed by atoms with Crippen molar-refractivity contribution in [3.63, 3.8) is 0 Å². The Morgan fingerprint density at radius 2 is 1.95 bits per heavy atom. The van der Waals surface area contributed by atoms with Gasteiger partial charge in [0.05, 0.1) is 12.7 Å². The molecular weight excluding hydrogens is 470 g/mol. The number of likely N-dealkylation sites (tertiary alicyclic amines) is 1. The highest BCUT2D eigenvalue weighted by atomic mass is 16.7. The first-order valence-corrected chi connectivity index (χ1v) is 14.2. The molecule has 4 bridgehead atoms. The molecule has 8 rings (SSSR count). The molecule has 2 spiro atoms. The van der Waals surface area contributed by atoms with Crippen molar-refractivity contribution in [2.24, 2.45) is 22.7 Å². The van der Waals surface area contributed by atoms with Gasteiger partial charge in [-0.05, 0) is 81.4 Å². The fraction of sp³-hybridized carbons (Fsp3) is 0.767. The van der Waals surface area contributed by atoms with E-state index in [0.29, 0.717) is 24.0 Å². The summed E-state index contributed by atoms with van der Waals surface area (Å²) in [4.78, 5) is 14.9. The topological polar surface area (TPSA) is 88.5 Å². The quantitative estimate of drug-likeness (QED) is 0.463. The van der Waals surface area contributed by atoms with E-state index in [2.05, 4.69) is 31.7 Å². The first-order chi connectivity index (χ1) is 17.4. The summed E-state index contributed by atoms with van der Waals surface area (Å²) in [5.41, 5.74) is -0.754. The average Bonchev–Trinajstić information content (AvgIpc) is 3.58. The van der Waals surface area contributed by atoms with Crippen LogP contribution >= 0.6 is 0 Å². The highest BCUT2D eigenvalue weighted by Gasteiger charge is 2.82. The molecule has 5 aliphatic carbocycles. The zero-order valence-corrected chi connectivity index (χ0v) is 22.8. The van der Waals surface area contributed by atoms with Crippen LogP contribution in [0.5, 0.6) is 11.5 Å². The van der Waals surface area contributed by atoms with E-state index < -0.39 is 28.9 Å². The number of hydrogen-bond donors (Lipinski definition) is 2. The van der Waals surface area contributed by atoms with E-state index in [9.17, 15) is 15.0 Å². The Morgan fingerprint density at radius 1 is 1.19 bits per heavy atom. The van der Waals surface area contributed by atoms with Crippen LogP contribution in [0.4, 0.5) is 4.79 Å². The number of carbonyl (C=O) groups excluding carboxylic acids is 1. The van der Waals surface area contributed by atoms with Gasteiger partial charge in [-0.25, -0.2) is 4.79 Å². The third-order valence-corrected chi connectivity index (χ3v) is 11.9. The smallest absolute Gasteiger partial charge is 0.482 e. The van der Waals surface area contributed by atoms with Crippen molar-refractivity contribution in [3.8, 4) is 11.5 Å². The lowest BCUT2D eigenvalue weighted by Crippen LogP contribution is -2.82. The number of rotatable bonds is 4. The summed E-state index contributed by atoms with van der Waals surface area (Å²) < 4.78 is 17.2. The molecule has 2 N–H and O–H groups in total. The lowest BCUT2D eigenvalue weighted by molar-refractivity contribution is -0.305. The van der Waals surface area contributed by atoms with Gasteiger partial charge < -0.3 is 24.4 Å². The van der Waals surface area contributed by atoms with Gasteiger partial charge in [-0.3, -0.25) is 4.90 Å². The molecule has 2 heterocycles. The fourth-order valence-electron chi connectivity index (χ4n) is 9.46. The number of hydrogen-bond acceptors (Lipinski definition) is 7. The number of piperidine rings is 1. The molecule has 7 heteroatoms. The SMILES string of the molecule is COC(=O)Oc1ccc2c3c1O[C@@H]1C34CCN(CC3CC3)[C@H](C2)C42CC[C@]1(O)[C@@H]([C@](C)(O)C(C)(C)C)C2. The predicted octanol–water partition coefficient (Wildman–Crippen LogP) is 4.20. The normalized spacial score (nSPS) is 41.0. The summed E-state index contributed by atoms with van der Waals surface area (Å²) in [6.07, 6.45) is 5.54. The van der Waals surface area contributed by atoms with Crippen LogP contribution in [0.1, 0.15) is 77.3 Å². The zero-order valence-electron chi connectivity index (χ0n) is 22.8. The third-order valence-electron chi connectivity index (χ3n) is 11.9. The number of carbonyl (C=O) groups is 1. The molecule has 4 saturated carbocycles. The number of nitrogens with zero attached hydrogens (tertiary/aromatic N) is 1. The maximum atomic E-state index is 12.7. The second-order valence-corrected chi connectivity index (χ2v) is 14.2. The molecule has 7 nitrogen and oxygen atoms in total. The van der Waals surface area contributed by atoms with Gasteiger partial charge in [-0.2, -0.15) is 0 Å². The molecule has 0 aromatic heterocycles. The largest absolute Gasteiger partial charge is 0.513 e. The van der Waals surface area contributed by atoms with Crippen LogP contribution in [0.2, 0.25) is 0 Å². The van der Waals surface area contributed by atoms with Gasteiger partial charge in [0.2, 0.25) is 0 Å². The molecule has 1 aromatic rings. The Labute approximate surface area is 219 Å². The highest BCUT2D eigenvalue weighted by Crippen LogP contribution is 2.77. The maximum Gasteiger partial charge on any atom is 0.513 e. The van der Waals surface area contributed by atoms with Crippen molar-refractivity contribution in [1.29, 1.82) is 0 Å². The van der Waals surface area contributed by atoms with E-state index in [1.807, 2.05) is 13.0 Å². The second-order valence-electron chi connectivity index (χ2n) is 14.2. The van der Waals surface area contributed by atoms with E-state index >= 15 is 0 Å². The molecule has 202 valence electrons. The Bertz CT molecular complexity index is 1170. The third kappa shape index (κ3) is 2.81. The zero-order chi connectivity index (χ0) is 26.2. The molecule has 7 aliphatic rings. The summed E-state index contributed by atoms with van der Waals surface area (Å²) in [5, 5.41) is 24.8. The molecular formula is C30H41NO6. The van der Waals surface area contributed by atoms with Gasteiger partial charge in [0, 0.05) is 34.9 Å². The second kappa shape index (κ2) is 7.22. The van der Waals surface area contributed by atoms with Gasteiger partial charge in [-0.15, -0.1) is 0 Å². The van der Waals surface area contributed by atoms with Crippen molar-refractivity contribution >= 4 is 6.16 Å². The summed E-state index contributed by atoms with van der Waals surface area (Å²) in [5.74, 6) is 1.44. The molecule has 5 fully saturated rings. The Hall–Kier alpha value is -1.83. The Balaban J connectivity index is 1.44. The summed E-state index contributed by atoms with van der Waals surface area (Å²) in [6, 6.07) is 4.27. The van der Waals surface area contributed by atoms with Crippen LogP contribution in [-0.2, 0) is 16.6 Å². The van der Waals surface area contributed by atoms with Crippen molar-refractivity contribution in [2.75, 3.05) is 20.2 Å². The number of methoxy groups -OCH3 is 1. The minimum atomic E-state index is -1.18. The van der Waals surface area contributed by atoms with Gasteiger partial charge in [0.15, 0.2) is 11.5 Å². The summed E-state index contributed by atoms with van der Waals surface area (Å²) in [7, 11) is 1.30. The minimum absolute atomic E-state index is 0.114. The van der Waals surface area contributed by atoms with Crippen LogP contribution in [0.25, 0.3) is 0 Å². The monoisotopic (exact) mass is 511 g/mol. The molecule has 37 heavy (non-hydrogen) atoms. The van der Waals surface area contributed by atoms with Crippen LogP contribution in [-0.4, -0.2) is 64.8 Å². The van der Waals surface area contributed by atoms with E-state index in [-0.39, 0.29) is 16.7 Å². The predicted molar refractivity (Wildman–Crippen MR) is 137 cm³/mol. The molecule has 1 aromatic carbocycles. The first kappa shape index (κ1) is 24.2. The van der Waals surface area contributed by atoms with E-state index in [1.165, 1.54) is 25.5 Å². The number of aliphatic hydroxyl groups is 2. The van der Waals surface area contributed by atoms with Gasteiger partial charge in [0.25, 0.3) is 0 Å².